The van der Waals surface area contributed by atoms with E-state index in [4.69, 9.17) is 23.8 Å². The van der Waals surface area contributed by atoms with Crippen LogP contribution < -0.4 is 24.9 Å². The van der Waals surface area contributed by atoms with E-state index in [2.05, 4.69) is 0 Å². The van der Waals surface area contributed by atoms with Gasteiger partial charge in [-0.25, -0.2) is 5.21 Å². The monoisotopic (exact) mass is 449 g/mol. The minimum absolute atomic E-state index is 0.156. The highest BCUT2D eigenvalue weighted by Gasteiger charge is 2.16. The van der Waals surface area contributed by atoms with Crippen LogP contribution in [0.1, 0.15) is 11.3 Å². The maximum Gasteiger partial charge on any atom is 0.200 e. The quantitative estimate of drug-likeness (QED) is 0.414. The second kappa shape index (κ2) is 9.33. The summed E-state index contributed by atoms with van der Waals surface area (Å²) in [4.78, 5) is 13.3. The topological polar surface area (TPSA) is 106 Å². The molecule has 1 unspecified atom stereocenters. The molecule has 4 rings (SSSR count). The number of methoxy groups -OCH3 is 2. The van der Waals surface area contributed by atoms with Gasteiger partial charge >= 0.3 is 0 Å². The molecular formula is C25H23NO7. The summed E-state index contributed by atoms with van der Waals surface area (Å²) in [5, 5.41) is 19.4. The largest absolute Gasteiger partial charge is 0.595 e. The maximum atomic E-state index is 13.3. The van der Waals surface area contributed by atoms with E-state index in [-0.39, 0.29) is 17.7 Å². The van der Waals surface area contributed by atoms with Crippen LogP contribution in [-0.2, 0) is 6.61 Å². The van der Waals surface area contributed by atoms with E-state index >= 15 is 0 Å². The Balaban J connectivity index is 1.63. The predicted molar refractivity (Wildman–Crippen MR) is 122 cm³/mol. The first kappa shape index (κ1) is 22.3. The van der Waals surface area contributed by atoms with E-state index in [1.165, 1.54) is 12.1 Å². The Morgan fingerprint density at radius 3 is 2.36 bits per heavy atom. The number of quaternary nitrogens is 1. The van der Waals surface area contributed by atoms with E-state index in [1.807, 2.05) is 0 Å². The molecule has 0 spiro atoms. The minimum Gasteiger partial charge on any atom is -0.595 e. The zero-order valence-electron chi connectivity index (χ0n) is 18.4. The van der Waals surface area contributed by atoms with Crippen molar-refractivity contribution in [2.75, 3.05) is 14.2 Å². The fraction of sp³-hybridized carbons (Fsp3) is 0.160. The van der Waals surface area contributed by atoms with Crippen molar-refractivity contribution < 1.29 is 29.1 Å². The number of fused-ring (bicyclic) bond motifs is 1. The van der Waals surface area contributed by atoms with Crippen LogP contribution in [0.15, 0.2) is 69.9 Å². The molecule has 0 aliphatic carbocycles. The Kier molecular flexibility index (Phi) is 6.32. The van der Waals surface area contributed by atoms with Crippen LogP contribution in [0.4, 0.5) is 5.69 Å². The molecule has 0 radical (unpaired) electrons. The van der Waals surface area contributed by atoms with Crippen LogP contribution in [0.3, 0.4) is 0 Å². The summed E-state index contributed by atoms with van der Waals surface area (Å²) in [5.74, 6) is 2.10. The highest BCUT2D eigenvalue weighted by atomic mass is 16.8. The van der Waals surface area contributed by atoms with Gasteiger partial charge in [0.15, 0.2) is 17.2 Å². The Morgan fingerprint density at radius 2 is 1.70 bits per heavy atom. The normalized spacial score (nSPS) is 11.9. The summed E-state index contributed by atoms with van der Waals surface area (Å²) in [5.41, 5.74) is 2.42. The zero-order chi connectivity index (χ0) is 23.5. The Hall–Kier alpha value is -3.85. The third-order valence-corrected chi connectivity index (χ3v) is 5.32. The molecule has 0 amide bonds. The molecule has 0 saturated carbocycles. The van der Waals surface area contributed by atoms with Crippen molar-refractivity contribution in [1.29, 1.82) is 0 Å². The van der Waals surface area contributed by atoms with E-state index in [0.717, 1.165) is 5.56 Å². The SMILES string of the molecule is COc1ccc(-c2c(C)oc3cc(OCc4ccc([NH+]([O-])O)cc4)ccc3c2=O)cc1OC. The van der Waals surface area contributed by atoms with Crippen molar-refractivity contribution in [3.63, 3.8) is 0 Å². The maximum absolute atomic E-state index is 13.3. The van der Waals surface area contributed by atoms with Crippen molar-refractivity contribution in [3.05, 3.63) is 87.4 Å². The van der Waals surface area contributed by atoms with Gasteiger partial charge in [0.1, 0.15) is 23.7 Å². The molecule has 0 bridgehead atoms. The van der Waals surface area contributed by atoms with Crippen molar-refractivity contribution in [2.45, 2.75) is 13.5 Å². The van der Waals surface area contributed by atoms with Gasteiger partial charge < -0.3 is 23.8 Å². The molecule has 0 fully saturated rings. The van der Waals surface area contributed by atoms with E-state index < -0.39 is 5.23 Å². The van der Waals surface area contributed by atoms with Crippen LogP contribution >= 0.6 is 0 Å². The molecule has 1 heterocycles. The number of aryl methyl sites for hydroxylation is 1. The molecule has 4 aromatic rings. The van der Waals surface area contributed by atoms with Gasteiger partial charge in [-0.1, -0.05) is 6.07 Å². The van der Waals surface area contributed by atoms with Crippen LogP contribution in [0.5, 0.6) is 17.2 Å². The summed E-state index contributed by atoms with van der Waals surface area (Å²) in [6.45, 7) is 1.99. The Bertz CT molecular complexity index is 1340. The molecule has 8 heteroatoms. The minimum atomic E-state index is -0.977. The first-order valence-electron chi connectivity index (χ1n) is 10.2. The number of hydrogen-bond acceptors (Lipinski definition) is 7. The first-order chi connectivity index (χ1) is 15.9. The Morgan fingerprint density at radius 1 is 0.970 bits per heavy atom. The van der Waals surface area contributed by atoms with Gasteiger partial charge in [-0.2, -0.15) is 5.23 Å². The summed E-state index contributed by atoms with van der Waals surface area (Å²) in [6, 6.07) is 16.8. The lowest BCUT2D eigenvalue weighted by Gasteiger charge is -2.13. The summed E-state index contributed by atoms with van der Waals surface area (Å²) in [7, 11) is 3.09. The molecule has 1 aromatic heterocycles. The van der Waals surface area contributed by atoms with E-state index in [1.54, 1.807) is 69.7 Å². The molecule has 3 aromatic carbocycles. The van der Waals surface area contributed by atoms with Crippen LogP contribution in [-0.4, -0.2) is 19.4 Å². The van der Waals surface area contributed by atoms with Gasteiger partial charge in [0, 0.05) is 18.2 Å². The molecule has 33 heavy (non-hydrogen) atoms. The van der Waals surface area contributed by atoms with Crippen molar-refractivity contribution in [3.8, 4) is 28.4 Å². The van der Waals surface area contributed by atoms with E-state index in [0.29, 0.717) is 45.1 Å². The van der Waals surface area contributed by atoms with Gasteiger partial charge in [0.25, 0.3) is 0 Å². The smallest absolute Gasteiger partial charge is 0.200 e. The summed E-state index contributed by atoms with van der Waals surface area (Å²) in [6.07, 6.45) is 0. The van der Waals surface area contributed by atoms with Gasteiger partial charge in [-0.15, -0.1) is 0 Å². The lowest BCUT2D eigenvalue weighted by Crippen LogP contribution is -2.99. The van der Waals surface area contributed by atoms with Gasteiger partial charge in [-0.05, 0) is 54.4 Å². The van der Waals surface area contributed by atoms with Crippen LogP contribution in [0, 0.1) is 12.1 Å². The van der Waals surface area contributed by atoms with Crippen molar-refractivity contribution in [1.82, 2.24) is 0 Å². The molecule has 2 N–H and O–H groups in total. The van der Waals surface area contributed by atoms with Gasteiger partial charge in [0.05, 0.1) is 25.2 Å². The number of benzene rings is 3. The number of ether oxygens (including phenoxy) is 3. The lowest BCUT2D eigenvalue weighted by atomic mass is 10.0. The molecular weight excluding hydrogens is 426 g/mol. The second-order valence-electron chi connectivity index (χ2n) is 7.38. The molecule has 0 saturated heterocycles. The van der Waals surface area contributed by atoms with Gasteiger partial charge in [-0.3, -0.25) is 4.79 Å². The van der Waals surface area contributed by atoms with Gasteiger partial charge in [0.2, 0.25) is 5.43 Å². The zero-order valence-corrected chi connectivity index (χ0v) is 18.4. The highest BCUT2D eigenvalue weighted by Crippen LogP contribution is 2.33. The summed E-state index contributed by atoms with van der Waals surface area (Å²) >= 11 is 0. The molecule has 0 aliphatic rings. The number of nitrogens with one attached hydrogen (secondary N) is 1. The third kappa shape index (κ3) is 4.54. The Labute approximate surface area is 189 Å². The molecule has 0 aliphatic heterocycles. The molecule has 170 valence electrons. The van der Waals surface area contributed by atoms with Crippen molar-refractivity contribution in [2.24, 2.45) is 0 Å². The fourth-order valence-corrected chi connectivity index (χ4v) is 3.61. The average molecular weight is 449 g/mol. The number of rotatable bonds is 7. The predicted octanol–water partition coefficient (Wildman–Crippen LogP) is 3.77. The fourth-order valence-electron chi connectivity index (χ4n) is 3.61. The third-order valence-electron chi connectivity index (χ3n) is 5.32. The second-order valence-corrected chi connectivity index (χ2v) is 7.38. The lowest BCUT2D eigenvalue weighted by molar-refractivity contribution is -0.991. The molecule has 1 atom stereocenters. The first-order valence-corrected chi connectivity index (χ1v) is 10.2. The van der Waals surface area contributed by atoms with Crippen molar-refractivity contribution >= 4 is 16.7 Å². The standard InChI is InChI=1S/C25H23NO7/c1-15-24(17-6-11-21(30-2)23(12-17)31-3)25(27)20-10-9-19(13-22(20)33-15)32-14-16-4-7-18(8-5-16)26(28)29/h4-13,26,28H,14H2,1-3H3. The average Bonchev–Trinajstić information content (AvgIpc) is 2.82. The van der Waals surface area contributed by atoms with Crippen LogP contribution in [0.2, 0.25) is 0 Å². The van der Waals surface area contributed by atoms with Crippen LogP contribution in [0.25, 0.3) is 22.1 Å². The summed E-state index contributed by atoms with van der Waals surface area (Å²) < 4.78 is 22.4. The highest BCUT2D eigenvalue weighted by molar-refractivity contribution is 5.84. The molecule has 8 nitrogen and oxygen atoms in total. The number of hydrogen-bond donors (Lipinski definition) is 2. The van der Waals surface area contributed by atoms with E-state index in [9.17, 15) is 10.0 Å².